The Bertz CT molecular complexity index is 42.9. The van der Waals surface area contributed by atoms with Gasteiger partial charge in [0.25, 0.3) is 0 Å². The summed E-state index contributed by atoms with van der Waals surface area (Å²) in [6, 6.07) is 0. The summed E-state index contributed by atoms with van der Waals surface area (Å²) in [4.78, 5) is 0. The van der Waals surface area contributed by atoms with E-state index in [-0.39, 0.29) is 0 Å². The quantitative estimate of drug-likeness (QED) is 0.344. The van der Waals surface area contributed by atoms with Gasteiger partial charge in [-0.05, 0) is 13.1 Å². The first-order valence-corrected chi connectivity index (χ1v) is 2.40. The minimum Gasteiger partial charge on any atom is -0.405 e. The number of nitrogens with two attached hydrogens (primary N) is 2. The molecule has 3 heteroatoms. The molecule has 0 aromatic heterocycles. The van der Waals surface area contributed by atoms with Gasteiger partial charge in [0.2, 0.25) is 0 Å². The van der Waals surface area contributed by atoms with E-state index in [2.05, 4.69) is 0 Å². The minimum absolute atomic E-state index is 1.50. The smallest absolute Gasteiger partial charge is 0.00105 e. The summed E-state index contributed by atoms with van der Waals surface area (Å²) in [7, 11) is 3.56. The number of nitrogens with zero attached hydrogens (tertiary/aromatic N) is 1. The van der Waals surface area contributed by atoms with E-state index in [1.165, 1.54) is 11.2 Å². The number of allylic oxidation sites excluding steroid dienone is 1. The Kier molecular flexibility index (Phi) is 12.6. The Morgan fingerprint density at radius 1 is 1.38 bits per heavy atom. The van der Waals surface area contributed by atoms with Crippen LogP contribution in [0.3, 0.4) is 0 Å². The lowest BCUT2D eigenvalue weighted by Gasteiger charge is -1.91. The second-order valence-corrected chi connectivity index (χ2v) is 1.49. The van der Waals surface area contributed by atoms with Gasteiger partial charge >= 0.3 is 0 Å². The van der Waals surface area contributed by atoms with Crippen molar-refractivity contribution in [2.45, 2.75) is 6.92 Å². The highest BCUT2D eigenvalue weighted by atomic mass is 15.4. The lowest BCUT2D eigenvalue weighted by atomic mass is 10.7. The van der Waals surface area contributed by atoms with Gasteiger partial charge in [-0.1, -0.05) is 6.08 Å². The third kappa shape index (κ3) is 513. The van der Waals surface area contributed by atoms with Crippen molar-refractivity contribution >= 4 is 0 Å². The summed E-state index contributed by atoms with van der Waals surface area (Å²) >= 11 is 0. The molecule has 0 aliphatic carbocycles. The number of hydrogen-bond acceptors (Lipinski definition) is 3. The van der Waals surface area contributed by atoms with E-state index in [9.17, 15) is 0 Å². The first-order chi connectivity index (χ1) is 3.65. The van der Waals surface area contributed by atoms with Crippen LogP contribution in [-0.4, -0.2) is 19.1 Å². The second kappa shape index (κ2) is 9.68. The first-order valence-electron chi connectivity index (χ1n) is 2.40. The average molecular weight is 117 g/mol. The standard InChI is InChI=1S/C3H7N.C2H8N2/c1-2-3-4;1-4(2)3/h2-3H,4H2,1H3;3H2,1-2H3. The third-order valence-corrected chi connectivity index (χ3v) is 0.192. The SMILES string of the molecule is CC=CN.CN(C)N. The van der Waals surface area contributed by atoms with Gasteiger partial charge in [0.05, 0.1) is 0 Å². The van der Waals surface area contributed by atoms with Crippen LogP contribution in [0.25, 0.3) is 0 Å². The maximum atomic E-state index is 4.94. The highest BCUT2D eigenvalue weighted by Gasteiger charge is 1.57. The van der Waals surface area contributed by atoms with E-state index in [4.69, 9.17) is 11.6 Å². The highest BCUT2D eigenvalue weighted by Crippen LogP contribution is 1.47. The maximum absolute atomic E-state index is 4.94. The predicted octanol–water partition coefficient (Wildman–Crippen LogP) is -0.0996. The fourth-order valence-corrected chi connectivity index (χ4v) is 0. The topological polar surface area (TPSA) is 55.3 Å². The molecule has 0 atom stereocenters. The van der Waals surface area contributed by atoms with Gasteiger partial charge in [-0.25, -0.2) is 0 Å². The number of rotatable bonds is 0. The molecule has 0 saturated heterocycles. The van der Waals surface area contributed by atoms with E-state index in [0.29, 0.717) is 0 Å². The molecule has 0 aromatic rings. The van der Waals surface area contributed by atoms with Gasteiger partial charge in [-0.2, -0.15) is 0 Å². The van der Waals surface area contributed by atoms with E-state index in [1.54, 1.807) is 20.2 Å². The molecule has 0 saturated carbocycles. The van der Waals surface area contributed by atoms with E-state index >= 15 is 0 Å². The molecule has 8 heavy (non-hydrogen) atoms. The molecule has 0 amide bonds. The van der Waals surface area contributed by atoms with Crippen molar-refractivity contribution in [3.63, 3.8) is 0 Å². The van der Waals surface area contributed by atoms with Crippen LogP contribution < -0.4 is 11.6 Å². The molecule has 0 unspecified atom stereocenters. The van der Waals surface area contributed by atoms with Gasteiger partial charge in [0.15, 0.2) is 0 Å². The van der Waals surface area contributed by atoms with Gasteiger partial charge in [-0.15, -0.1) is 0 Å². The summed E-state index contributed by atoms with van der Waals surface area (Å²) in [6.45, 7) is 1.88. The Morgan fingerprint density at radius 2 is 1.50 bits per heavy atom. The van der Waals surface area contributed by atoms with Crippen LogP contribution in [0.5, 0.6) is 0 Å². The van der Waals surface area contributed by atoms with Crippen molar-refractivity contribution in [2.75, 3.05) is 14.1 Å². The maximum Gasteiger partial charge on any atom is 0.00105 e. The van der Waals surface area contributed by atoms with Crippen LogP contribution in [0.2, 0.25) is 0 Å². The number of hydrogen-bond donors (Lipinski definition) is 2. The van der Waals surface area contributed by atoms with Gasteiger partial charge < -0.3 is 5.73 Å². The first kappa shape index (κ1) is 10.4. The van der Waals surface area contributed by atoms with Crippen LogP contribution in [0.4, 0.5) is 0 Å². The van der Waals surface area contributed by atoms with Crippen LogP contribution in [0.15, 0.2) is 12.3 Å². The second-order valence-electron chi connectivity index (χ2n) is 1.49. The van der Waals surface area contributed by atoms with E-state index in [0.717, 1.165) is 0 Å². The molecule has 0 fully saturated rings. The molecule has 3 nitrogen and oxygen atoms in total. The van der Waals surface area contributed by atoms with Crippen LogP contribution in [0.1, 0.15) is 6.92 Å². The zero-order valence-corrected chi connectivity index (χ0v) is 5.76. The molecule has 0 bridgehead atoms. The van der Waals surface area contributed by atoms with Crippen LogP contribution >= 0.6 is 0 Å². The molecule has 0 radical (unpaired) electrons. The minimum atomic E-state index is 1.50. The Hall–Kier alpha value is -0.540. The summed E-state index contributed by atoms with van der Waals surface area (Å²) in [5, 5.41) is 1.50. The van der Waals surface area contributed by atoms with E-state index < -0.39 is 0 Å². The molecule has 0 aromatic carbocycles. The molecule has 4 N–H and O–H groups in total. The molecule has 0 spiro atoms. The fraction of sp³-hybridized carbons (Fsp3) is 0.600. The van der Waals surface area contributed by atoms with Crippen molar-refractivity contribution in [2.24, 2.45) is 11.6 Å². The number of hydrazine groups is 1. The molecule has 0 rings (SSSR count). The largest absolute Gasteiger partial charge is 0.405 e. The van der Waals surface area contributed by atoms with Gasteiger partial charge in [-0.3, -0.25) is 10.9 Å². The molecular formula is C5H15N3. The van der Waals surface area contributed by atoms with Gasteiger partial charge in [0, 0.05) is 14.1 Å². The van der Waals surface area contributed by atoms with Crippen molar-refractivity contribution in [1.82, 2.24) is 5.01 Å². The molecule has 50 valence electrons. The zero-order chi connectivity index (χ0) is 6.99. The predicted molar refractivity (Wildman–Crippen MR) is 36.9 cm³/mol. The summed E-state index contributed by atoms with van der Waals surface area (Å²) in [5.41, 5.74) is 4.85. The van der Waals surface area contributed by atoms with Crippen molar-refractivity contribution in [3.8, 4) is 0 Å². The van der Waals surface area contributed by atoms with Crippen molar-refractivity contribution < 1.29 is 0 Å². The summed E-state index contributed by atoms with van der Waals surface area (Å²) in [5.74, 6) is 4.94. The normalized spacial score (nSPS) is 9.12. The van der Waals surface area contributed by atoms with Crippen LogP contribution in [0, 0.1) is 0 Å². The lowest BCUT2D eigenvalue weighted by molar-refractivity contribution is 0.432. The average Bonchev–Trinajstić information content (AvgIpc) is 1.65. The van der Waals surface area contributed by atoms with Crippen molar-refractivity contribution in [3.05, 3.63) is 12.3 Å². The Labute approximate surface area is 50.9 Å². The third-order valence-electron chi connectivity index (χ3n) is 0.192. The Morgan fingerprint density at radius 3 is 1.50 bits per heavy atom. The lowest BCUT2D eigenvalue weighted by Crippen LogP contribution is -2.18. The fourth-order valence-electron chi connectivity index (χ4n) is 0. The van der Waals surface area contributed by atoms with E-state index in [1.807, 2.05) is 6.92 Å². The highest BCUT2D eigenvalue weighted by molar-refractivity contribution is 4.66. The molecule has 0 aliphatic heterocycles. The zero-order valence-electron chi connectivity index (χ0n) is 5.76. The monoisotopic (exact) mass is 117 g/mol. The van der Waals surface area contributed by atoms with Crippen LogP contribution in [-0.2, 0) is 0 Å². The van der Waals surface area contributed by atoms with Crippen molar-refractivity contribution in [1.29, 1.82) is 0 Å². The molecule has 0 aliphatic rings. The molecular weight excluding hydrogens is 102 g/mol. The summed E-state index contributed by atoms with van der Waals surface area (Å²) < 4.78 is 0. The van der Waals surface area contributed by atoms with Gasteiger partial charge in [0.1, 0.15) is 0 Å². The Balaban J connectivity index is 0. The summed E-state index contributed by atoms with van der Waals surface area (Å²) in [6.07, 6.45) is 3.28. The molecule has 0 heterocycles.